The molecule has 0 unspecified atom stereocenters. The summed E-state index contributed by atoms with van der Waals surface area (Å²) in [7, 11) is 4.83. The Balaban J connectivity index is 2.00. The molecule has 8 heteroatoms. The van der Waals surface area contributed by atoms with Crippen molar-refractivity contribution in [1.82, 2.24) is 20.2 Å². The van der Waals surface area contributed by atoms with Crippen LogP contribution >= 0.6 is 0 Å². The van der Waals surface area contributed by atoms with Crippen molar-refractivity contribution in [2.45, 2.75) is 0 Å². The van der Waals surface area contributed by atoms with Gasteiger partial charge in [0.1, 0.15) is 0 Å². The van der Waals surface area contributed by atoms with Gasteiger partial charge in [-0.2, -0.15) is 5.10 Å². The molecule has 0 spiro atoms. The van der Waals surface area contributed by atoms with E-state index in [-0.39, 0.29) is 0 Å². The molecule has 0 fully saturated rings. The third kappa shape index (κ3) is 3.50. The van der Waals surface area contributed by atoms with Crippen LogP contribution < -0.4 is 15.5 Å². The van der Waals surface area contributed by atoms with Crippen LogP contribution in [0.3, 0.4) is 0 Å². The minimum atomic E-state index is -0.400. The maximum absolute atomic E-state index is 12.1. The lowest BCUT2D eigenvalue weighted by Gasteiger charge is -2.16. The van der Waals surface area contributed by atoms with Gasteiger partial charge in [-0.1, -0.05) is 6.07 Å². The number of carbonyl (C=O) groups excluding carboxylic acids is 1. The van der Waals surface area contributed by atoms with Gasteiger partial charge in [-0.05, 0) is 24.3 Å². The van der Waals surface area contributed by atoms with E-state index in [1.165, 1.54) is 13.3 Å². The van der Waals surface area contributed by atoms with Gasteiger partial charge in [0.25, 0.3) is 5.91 Å². The van der Waals surface area contributed by atoms with E-state index in [0.29, 0.717) is 22.7 Å². The highest BCUT2D eigenvalue weighted by Crippen LogP contribution is 2.37. The number of ether oxygens (including phenoxy) is 1. The number of rotatable bonds is 6. The second-order valence-corrected chi connectivity index (χ2v) is 5.44. The normalized spacial score (nSPS) is 10.4. The van der Waals surface area contributed by atoms with Crippen LogP contribution in [0.2, 0.25) is 0 Å². The summed E-state index contributed by atoms with van der Waals surface area (Å²) in [4.78, 5) is 20.8. The Morgan fingerprint density at radius 1 is 1.15 bits per heavy atom. The molecule has 134 valence electrons. The van der Waals surface area contributed by atoms with Crippen LogP contribution in [-0.4, -0.2) is 34.9 Å². The quantitative estimate of drug-likeness (QED) is 0.662. The summed E-state index contributed by atoms with van der Waals surface area (Å²) in [5.74, 6) is 0.226. The smallest absolute Gasteiger partial charge is 0.278 e. The van der Waals surface area contributed by atoms with Crippen LogP contribution in [0.25, 0.3) is 11.3 Å². The molecule has 0 atom stereocenters. The van der Waals surface area contributed by atoms with Crippen molar-refractivity contribution in [2.24, 2.45) is 7.05 Å². The zero-order chi connectivity index (χ0) is 18.5. The third-order valence-corrected chi connectivity index (χ3v) is 3.74. The monoisotopic (exact) mass is 353 g/mol. The average Bonchev–Trinajstić information content (AvgIpc) is 3.08. The van der Waals surface area contributed by atoms with Gasteiger partial charge in [0.05, 0.1) is 36.9 Å². The Kier molecular flexibility index (Phi) is 5.14. The lowest BCUT2D eigenvalue weighted by atomic mass is 10.1. The zero-order valence-corrected chi connectivity index (χ0v) is 14.7. The average molecular weight is 353 g/mol. The molecule has 0 aliphatic heterocycles. The molecule has 2 aromatic heterocycles. The number of hydrogen-bond acceptors (Lipinski definition) is 6. The third-order valence-electron chi connectivity index (χ3n) is 3.74. The maximum atomic E-state index is 12.1. The van der Waals surface area contributed by atoms with E-state index in [1.807, 2.05) is 37.5 Å². The van der Waals surface area contributed by atoms with Crippen LogP contribution in [0, 0.1) is 0 Å². The predicted molar refractivity (Wildman–Crippen MR) is 97.2 cm³/mol. The summed E-state index contributed by atoms with van der Waals surface area (Å²) in [5, 5.41) is 7.66. The van der Waals surface area contributed by atoms with Gasteiger partial charge in [-0.25, -0.2) is 5.48 Å². The molecule has 1 amide bonds. The lowest BCUT2D eigenvalue weighted by molar-refractivity contribution is 0.0538. The minimum absolute atomic E-state index is 0.347. The topological polar surface area (TPSA) is 90.3 Å². The SMILES string of the molecule is CONC(=O)c1cnccc1Nc1cccc(-c2ccn(C)n2)c1OC. The summed E-state index contributed by atoms with van der Waals surface area (Å²) in [6, 6.07) is 9.30. The van der Waals surface area contributed by atoms with Gasteiger partial charge in [0.15, 0.2) is 5.75 Å². The van der Waals surface area contributed by atoms with Gasteiger partial charge in [0.2, 0.25) is 0 Å². The largest absolute Gasteiger partial charge is 0.494 e. The number of benzene rings is 1. The van der Waals surface area contributed by atoms with E-state index in [2.05, 4.69) is 20.9 Å². The van der Waals surface area contributed by atoms with Crippen LogP contribution in [0.1, 0.15) is 10.4 Å². The number of anilines is 2. The summed E-state index contributed by atoms with van der Waals surface area (Å²) >= 11 is 0. The minimum Gasteiger partial charge on any atom is -0.494 e. The maximum Gasteiger partial charge on any atom is 0.278 e. The van der Waals surface area contributed by atoms with Crippen molar-refractivity contribution in [1.29, 1.82) is 0 Å². The fraction of sp³-hybridized carbons (Fsp3) is 0.167. The summed E-state index contributed by atoms with van der Waals surface area (Å²) in [6.45, 7) is 0. The molecule has 2 N–H and O–H groups in total. The molecular weight excluding hydrogens is 334 g/mol. The first-order valence-electron chi connectivity index (χ1n) is 7.85. The molecule has 3 rings (SSSR count). The van der Waals surface area contributed by atoms with E-state index in [1.54, 1.807) is 24.1 Å². The predicted octanol–water partition coefficient (Wildman–Crippen LogP) is 2.53. The fourth-order valence-corrected chi connectivity index (χ4v) is 2.59. The van der Waals surface area contributed by atoms with Crippen molar-refractivity contribution in [3.8, 4) is 17.0 Å². The van der Waals surface area contributed by atoms with Crippen LogP contribution in [0.15, 0.2) is 48.9 Å². The molecule has 0 saturated heterocycles. The molecule has 0 bridgehead atoms. The Morgan fingerprint density at radius 2 is 2.00 bits per heavy atom. The van der Waals surface area contributed by atoms with Gasteiger partial charge < -0.3 is 10.1 Å². The number of carbonyl (C=O) groups is 1. The highest BCUT2D eigenvalue weighted by atomic mass is 16.6. The number of nitrogens with zero attached hydrogens (tertiary/aromatic N) is 3. The lowest BCUT2D eigenvalue weighted by Crippen LogP contribution is -2.23. The molecule has 0 saturated carbocycles. The van der Waals surface area contributed by atoms with Gasteiger partial charge in [-0.3, -0.25) is 19.3 Å². The van der Waals surface area contributed by atoms with E-state index < -0.39 is 5.91 Å². The van der Waals surface area contributed by atoms with E-state index >= 15 is 0 Å². The van der Waals surface area contributed by atoms with Gasteiger partial charge >= 0.3 is 0 Å². The van der Waals surface area contributed by atoms with Gasteiger partial charge in [-0.15, -0.1) is 0 Å². The molecule has 3 aromatic rings. The van der Waals surface area contributed by atoms with Crippen molar-refractivity contribution < 1.29 is 14.4 Å². The van der Waals surface area contributed by atoms with E-state index in [4.69, 9.17) is 9.57 Å². The molecule has 2 heterocycles. The number of aromatic nitrogens is 3. The summed E-state index contributed by atoms with van der Waals surface area (Å²) in [6.07, 6.45) is 4.93. The molecule has 0 aliphatic carbocycles. The first-order valence-corrected chi connectivity index (χ1v) is 7.85. The highest BCUT2D eigenvalue weighted by Gasteiger charge is 2.16. The Hall–Kier alpha value is -3.39. The van der Waals surface area contributed by atoms with Crippen molar-refractivity contribution in [3.05, 3.63) is 54.5 Å². The first kappa shape index (κ1) is 17.4. The number of aryl methyl sites for hydroxylation is 1. The Bertz CT molecular complexity index is 923. The Labute approximate surface area is 150 Å². The van der Waals surface area contributed by atoms with Gasteiger partial charge in [0, 0.05) is 31.2 Å². The number of hydrogen-bond donors (Lipinski definition) is 2. The molecule has 1 aromatic carbocycles. The summed E-state index contributed by atoms with van der Waals surface area (Å²) in [5.41, 5.74) is 5.55. The number of hydroxylamine groups is 1. The molecule has 8 nitrogen and oxygen atoms in total. The fourth-order valence-electron chi connectivity index (χ4n) is 2.59. The number of methoxy groups -OCH3 is 1. The van der Waals surface area contributed by atoms with Crippen LogP contribution in [-0.2, 0) is 11.9 Å². The Morgan fingerprint density at radius 3 is 2.69 bits per heavy atom. The standard InChI is InChI=1S/C18H19N5O3/c1-23-10-8-15(21-23)12-5-4-6-16(17(12)25-2)20-14-7-9-19-11-13(14)18(24)22-26-3/h4-11H,1-3H3,(H,19,20)(H,22,24). The van der Waals surface area contributed by atoms with Crippen molar-refractivity contribution in [3.63, 3.8) is 0 Å². The number of nitrogens with one attached hydrogen (secondary N) is 2. The number of amides is 1. The second-order valence-electron chi connectivity index (χ2n) is 5.44. The van der Waals surface area contributed by atoms with Crippen molar-refractivity contribution >= 4 is 17.3 Å². The van der Waals surface area contributed by atoms with Crippen LogP contribution in [0.4, 0.5) is 11.4 Å². The second kappa shape index (κ2) is 7.66. The van der Waals surface area contributed by atoms with E-state index in [9.17, 15) is 4.79 Å². The molecule has 26 heavy (non-hydrogen) atoms. The van der Waals surface area contributed by atoms with E-state index in [0.717, 1.165) is 11.3 Å². The summed E-state index contributed by atoms with van der Waals surface area (Å²) < 4.78 is 7.33. The molecule has 0 aliphatic rings. The first-order chi connectivity index (χ1) is 12.6. The van der Waals surface area contributed by atoms with Crippen LogP contribution in [0.5, 0.6) is 5.75 Å². The molecule has 0 radical (unpaired) electrons. The number of para-hydroxylation sites is 1. The van der Waals surface area contributed by atoms with Crippen molar-refractivity contribution in [2.75, 3.05) is 19.5 Å². The number of pyridine rings is 1. The zero-order valence-electron chi connectivity index (χ0n) is 14.7. The highest BCUT2D eigenvalue weighted by molar-refractivity contribution is 5.99. The molecular formula is C18H19N5O3.